The van der Waals surface area contributed by atoms with Gasteiger partial charge in [0.25, 0.3) is 0 Å². The molecule has 0 saturated heterocycles. The smallest absolute Gasteiger partial charge is 0.165 e. The van der Waals surface area contributed by atoms with Gasteiger partial charge in [-0.3, -0.25) is 19.3 Å². The Morgan fingerprint density at radius 1 is 0.700 bits per heavy atom. The number of carbonyl (C=O) groups excluding carboxylic acids is 3. The van der Waals surface area contributed by atoms with Crippen LogP contribution in [0.25, 0.3) is 0 Å². The van der Waals surface area contributed by atoms with Gasteiger partial charge in [-0.2, -0.15) is 0 Å². The molecule has 3 aliphatic carbocycles. The quantitative estimate of drug-likeness (QED) is 0.229. The molecule has 6 rings (SSSR count). The van der Waals surface area contributed by atoms with Crippen molar-refractivity contribution in [2.24, 2.45) is 0 Å². The average molecular weight is 680 g/mol. The van der Waals surface area contributed by atoms with Crippen LogP contribution in [0.4, 0.5) is 4.39 Å². The summed E-state index contributed by atoms with van der Waals surface area (Å²) in [6, 6.07) is 21.4. The number of nitrogens with zero attached hydrogens (tertiary/aromatic N) is 1. The van der Waals surface area contributed by atoms with Gasteiger partial charge in [0.05, 0.1) is 0 Å². The van der Waals surface area contributed by atoms with E-state index in [1.165, 1.54) is 12.1 Å². The average Bonchev–Trinajstić information content (AvgIpc) is 3.13. The van der Waals surface area contributed by atoms with E-state index in [9.17, 15) is 14.4 Å². The molecule has 0 heterocycles. The van der Waals surface area contributed by atoms with Crippen molar-refractivity contribution in [1.29, 1.82) is 0 Å². The molecule has 50 heavy (non-hydrogen) atoms. The second-order valence-corrected chi connectivity index (χ2v) is 14.9. The maximum Gasteiger partial charge on any atom is 0.165 e. The minimum atomic E-state index is -0.995. The normalized spacial score (nSPS) is 29.1. The molecule has 0 amide bonds. The van der Waals surface area contributed by atoms with Crippen molar-refractivity contribution < 1.29 is 18.8 Å². The zero-order valence-corrected chi connectivity index (χ0v) is 30.5. The Hall–Kier alpha value is -3.52. The van der Waals surface area contributed by atoms with Crippen LogP contribution in [0.1, 0.15) is 123 Å². The fourth-order valence-corrected chi connectivity index (χ4v) is 9.87. The lowest BCUT2D eigenvalue weighted by molar-refractivity contribution is -0.137. The van der Waals surface area contributed by atoms with E-state index in [-0.39, 0.29) is 23.3 Å². The summed E-state index contributed by atoms with van der Waals surface area (Å²) in [6.07, 6.45) is 7.22. The Kier molecular flexibility index (Phi) is 10.6. The molecule has 0 radical (unpaired) electrons. The van der Waals surface area contributed by atoms with Crippen molar-refractivity contribution in [3.05, 3.63) is 106 Å². The van der Waals surface area contributed by atoms with Gasteiger partial charge in [0.15, 0.2) is 17.3 Å². The van der Waals surface area contributed by atoms with Crippen molar-refractivity contribution in [2.45, 2.75) is 113 Å². The number of halogens is 1. The number of nitrogens with one attached hydrogen (secondary N) is 2. The summed E-state index contributed by atoms with van der Waals surface area (Å²) in [5, 5.41) is 6.68. The largest absolute Gasteiger partial charge is 0.304 e. The summed E-state index contributed by atoms with van der Waals surface area (Å²) in [5.41, 5.74) is 2.47. The van der Waals surface area contributed by atoms with Crippen LogP contribution in [0.5, 0.6) is 0 Å². The predicted molar refractivity (Wildman–Crippen MR) is 197 cm³/mol. The van der Waals surface area contributed by atoms with Gasteiger partial charge in [-0.1, -0.05) is 80.4 Å². The van der Waals surface area contributed by atoms with Gasteiger partial charge < -0.3 is 10.6 Å². The highest BCUT2D eigenvalue weighted by Crippen LogP contribution is 2.48. The summed E-state index contributed by atoms with van der Waals surface area (Å²) in [4.78, 5) is 45.4. The molecule has 3 saturated carbocycles. The van der Waals surface area contributed by atoms with E-state index in [2.05, 4.69) is 59.7 Å². The monoisotopic (exact) mass is 679 g/mol. The number of Topliss-reactive ketones (excluding diaryl/α,β-unsaturated/α-hetero) is 3. The van der Waals surface area contributed by atoms with Gasteiger partial charge >= 0.3 is 0 Å². The molecule has 5 atom stereocenters. The maximum absolute atomic E-state index is 15.4. The predicted octanol–water partition coefficient (Wildman–Crippen LogP) is 7.72. The van der Waals surface area contributed by atoms with E-state index in [0.717, 1.165) is 73.9 Å². The number of hydrogen-bond acceptors (Lipinski definition) is 6. The highest BCUT2D eigenvalue weighted by Gasteiger charge is 2.51. The molecule has 266 valence electrons. The zero-order valence-electron chi connectivity index (χ0n) is 30.5. The highest BCUT2D eigenvalue weighted by molar-refractivity contribution is 5.98. The lowest BCUT2D eigenvalue weighted by atomic mass is 9.65. The van der Waals surface area contributed by atoms with Crippen LogP contribution in [0.3, 0.4) is 0 Å². The molecule has 7 heteroatoms. The number of benzene rings is 3. The van der Waals surface area contributed by atoms with Crippen LogP contribution in [-0.4, -0.2) is 49.4 Å². The molecule has 6 nitrogen and oxygen atoms in total. The van der Waals surface area contributed by atoms with Crippen LogP contribution in [0.2, 0.25) is 0 Å². The van der Waals surface area contributed by atoms with Crippen LogP contribution in [0.15, 0.2) is 66.7 Å². The number of carbonyl (C=O) groups is 3. The number of hydrogen-bond donors (Lipinski definition) is 2. The first kappa shape index (κ1) is 36.3. The fourth-order valence-electron chi connectivity index (χ4n) is 9.87. The molecule has 3 aromatic carbocycles. The molecule has 0 aliphatic heterocycles. The Morgan fingerprint density at radius 3 is 1.94 bits per heavy atom. The number of aryl methyl sites for hydroxylation is 1. The SMILES string of the molecule is CCN(CC)C1(c2ccccc2)CCCC(c2cc(C)cc(C3(NC)CCCC(c4cc(F)cc(C5(NC)CCCCC5=O)c4)C3=O)c2)C1=O. The lowest BCUT2D eigenvalue weighted by Gasteiger charge is -2.47. The third-order valence-corrected chi connectivity index (χ3v) is 12.4. The van der Waals surface area contributed by atoms with Gasteiger partial charge in [0, 0.05) is 18.3 Å². The second kappa shape index (κ2) is 14.6. The Balaban J connectivity index is 1.39. The van der Waals surface area contributed by atoms with Gasteiger partial charge in [0.2, 0.25) is 0 Å². The minimum Gasteiger partial charge on any atom is -0.304 e. The Morgan fingerprint density at radius 2 is 1.30 bits per heavy atom. The van der Waals surface area contributed by atoms with E-state index < -0.39 is 28.4 Å². The van der Waals surface area contributed by atoms with Crippen molar-refractivity contribution >= 4 is 17.3 Å². The van der Waals surface area contributed by atoms with Crippen molar-refractivity contribution in [3.8, 4) is 0 Å². The summed E-state index contributed by atoms with van der Waals surface area (Å²) in [7, 11) is 3.60. The standard InChI is InChI=1S/C43H54FN3O3/c1-6-47(7-2)43(32-15-9-8-10-16-32)22-14-18-37(40(43)50)30-23-29(3)24-33(25-30)42(46-5)21-13-17-36(39(42)49)31-26-34(28-35(44)27-31)41(45-4)20-12-11-19-38(41)48/h8-10,15-16,23-28,36-37,45-46H,6-7,11-14,17-22H2,1-5H3. The lowest BCUT2D eigenvalue weighted by Crippen LogP contribution is -2.55. The number of ketones is 3. The summed E-state index contributed by atoms with van der Waals surface area (Å²) in [6.45, 7) is 7.84. The summed E-state index contributed by atoms with van der Waals surface area (Å²) < 4.78 is 15.4. The summed E-state index contributed by atoms with van der Waals surface area (Å²) >= 11 is 0. The van der Waals surface area contributed by atoms with Gasteiger partial charge in [0.1, 0.15) is 22.4 Å². The van der Waals surface area contributed by atoms with Gasteiger partial charge in [-0.05, 0) is 125 Å². The molecule has 3 aliphatic rings. The first-order valence-electron chi connectivity index (χ1n) is 18.8. The fraction of sp³-hybridized carbons (Fsp3) is 0.512. The molecule has 3 aromatic rings. The molecule has 0 bridgehead atoms. The minimum absolute atomic E-state index is 0.00423. The number of likely N-dealkylation sites (N-methyl/N-ethyl adjacent to an activating group) is 3. The van der Waals surface area contributed by atoms with Crippen LogP contribution >= 0.6 is 0 Å². The molecule has 2 N–H and O–H groups in total. The summed E-state index contributed by atoms with van der Waals surface area (Å²) in [5.74, 6) is -0.962. The zero-order chi connectivity index (χ0) is 35.7. The van der Waals surface area contributed by atoms with E-state index in [0.29, 0.717) is 36.8 Å². The van der Waals surface area contributed by atoms with Crippen LogP contribution in [-0.2, 0) is 31.0 Å². The molecular formula is C43H54FN3O3. The number of rotatable bonds is 10. The third-order valence-electron chi connectivity index (χ3n) is 12.4. The van der Waals surface area contributed by atoms with E-state index in [1.807, 2.05) is 38.2 Å². The Bertz CT molecular complexity index is 1740. The van der Waals surface area contributed by atoms with Crippen LogP contribution < -0.4 is 10.6 Å². The Labute approximate surface area is 297 Å². The molecule has 3 fully saturated rings. The third kappa shape index (κ3) is 5.99. The second-order valence-electron chi connectivity index (χ2n) is 14.9. The topological polar surface area (TPSA) is 78.5 Å². The maximum atomic E-state index is 15.4. The first-order chi connectivity index (χ1) is 24.1. The molecule has 0 aromatic heterocycles. The van der Waals surface area contributed by atoms with E-state index >= 15 is 4.39 Å². The first-order valence-corrected chi connectivity index (χ1v) is 18.8. The molecule has 5 unspecified atom stereocenters. The van der Waals surface area contributed by atoms with Crippen molar-refractivity contribution in [3.63, 3.8) is 0 Å². The van der Waals surface area contributed by atoms with Gasteiger partial charge in [-0.25, -0.2) is 4.39 Å². The van der Waals surface area contributed by atoms with E-state index in [4.69, 9.17) is 0 Å². The van der Waals surface area contributed by atoms with Crippen molar-refractivity contribution in [2.75, 3.05) is 27.2 Å². The van der Waals surface area contributed by atoms with Crippen molar-refractivity contribution in [1.82, 2.24) is 15.5 Å². The molecular weight excluding hydrogens is 625 g/mol. The van der Waals surface area contributed by atoms with Gasteiger partial charge in [-0.15, -0.1) is 0 Å². The van der Waals surface area contributed by atoms with E-state index in [1.54, 1.807) is 7.05 Å². The highest BCUT2D eigenvalue weighted by atomic mass is 19.1. The molecule has 0 spiro atoms. The van der Waals surface area contributed by atoms with Crippen LogP contribution in [0, 0.1) is 12.7 Å².